The minimum Gasteiger partial charge on any atom is -0.377 e. The third kappa shape index (κ3) is 5.55. The van der Waals surface area contributed by atoms with E-state index >= 15 is 0 Å². The Kier molecular flexibility index (Phi) is 7.42. The first-order chi connectivity index (χ1) is 18.3. The highest BCUT2D eigenvalue weighted by atomic mass is 32.1. The monoisotopic (exact) mass is 531 g/mol. The molecule has 0 saturated carbocycles. The minimum atomic E-state index is -0.714. The summed E-state index contributed by atoms with van der Waals surface area (Å²) in [5, 5.41) is 17.3. The van der Waals surface area contributed by atoms with Gasteiger partial charge in [-0.15, -0.1) is 11.3 Å². The van der Waals surface area contributed by atoms with Gasteiger partial charge in [-0.3, -0.25) is 9.59 Å². The van der Waals surface area contributed by atoms with Gasteiger partial charge < -0.3 is 25.0 Å². The number of hydrogen-bond donors (Lipinski definition) is 2. The normalized spacial score (nSPS) is 20.2. The summed E-state index contributed by atoms with van der Waals surface area (Å²) in [4.78, 5) is 32.0. The number of hydrogen-bond acceptors (Lipinski definition) is 8. The van der Waals surface area contributed by atoms with Crippen molar-refractivity contribution < 1.29 is 19.1 Å². The van der Waals surface area contributed by atoms with E-state index in [0.717, 1.165) is 35.6 Å². The summed E-state index contributed by atoms with van der Waals surface area (Å²) in [5.41, 5.74) is 3.26. The molecule has 2 fully saturated rings. The lowest BCUT2D eigenvalue weighted by atomic mass is 9.79. The molecule has 2 aliphatic rings. The highest BCUT2D eigenvalue weighted by Gasteiger charge is 2.41. The van der Waals surface area contributed by atoms with Gasteiger partial charge >= 0.3 is 0 Å². The van der Waals surface area contributed by atoms with Crippen LogP contribution in [0.15, 0.2) is 53.9 Å². The standard InChI is InChI=1S/C28H29N5O4S/c1-18-12-33(13-19(2)37-18)23-8-4-5-20(10-23)24-14-38-27(31-24)32-25(34)11-30-26(35)21-6-3-7-22(9-21)28(15-29)16-36-17-28/h3-10,14,18-19H,11-13,16-17H2,1-2H3,(H,30,35)(H,31,32,34)/t18-,19+. The molecule has 2 aliphatic heterocycles. The third-order valence-corrected chi connectivity index (χ3v) is 7.43. The fraction of sp³-hybridized carbons (Fsp3) is 0.357. The second kappa shape index (κ2) is 10.9. The Hall–Kier alpha value is -3.78. The Bertz CT molecular complexity index is 1370. The number of morpholine rings is 1. The van der Waals surface area contributed by atoms with E-state index < -0.39 is 11.3 Å². The first kappa shape index (κ1) is 25.9. The molecule has 2 amide bonds. The summed E-state index contributed by atoms with van der Waals surface area (Å²) in [7, 11) is 0. The maximum absolute atomic E-state index is 12.6. The number of benzene rings is 2. The van der Waals surface area contributed by atoms with Crippen molar-refractivity contribution in [3.05, 3.63) is 65.0 Å². The lowest BCUT2D eigenvalue weighted by Gasteiger charge is -2.37. The maximum atomic E-state index is 12.6. The molecule has 3 aromatic rings. The summed E-state index contributed by atoms with van der Waals surface area (Å²) in [6.07, 6.45) is 0.332. The largest absolute Gasteiger partial charge is 0.377 e. The van der Waals surface area contributed by atoms with E-state index in [1.54, 1.807) is 18.2 Å². The van der Waals surface area contributed by atoms with E-state index in [-0.39, 0.29) is 24.7 Å². The van der Waals surface area contributed by atoms with E-state index in [0.29, 0.717) is 23.9 Å². The Balaban J connectivity index is 1.17. The van der Waals surface area contributed by atoms with Crippen LogP contribution in [0.5, 0.6) is 0 Å². The van der Waals surface area contributed by atoms with Gasteiger partial charge in [0, 0.05) is 35.3 Å². The van der Waals surface area contributed by atoms with Gasteiger partial charge in [-0.25, -0.2) is 4.98 Å². The lowest BCUT2D eigenvalue weighted by molar-refractivity contribution is -0.115. The molecule has 38 heavy (non-hydrogen) atoms. The Morgan fingerprint density at radius 3 is 2.63 bits per heavy atom. The SMILES string of the molecule is C[C@@H]1CN(c2cccc(-c3csc(NC(=O)CNC(=O)c4cccc(C5(C#N)COC5)c4)n3)c2)C[C@H](C)O1. The Labute approximate surface area is 225 Å². The van der Waals surface area contributed by atoms with Crippen LogP contribution in [0, 0.1) is 11.3 Å². The van der Waals surface area contributed by atoms with Crippen LogP contribution in [0.3, 0.4) is 0 Å². The van der Waals surface area contributed by atoms with Gasteiger partial charge in [0.2, 0.25) is 5.91 Å². The van der Waals surface area contributed by atoms with Crippen molar-refractivity contribution in [1.29, 1.82) is 5.26 Å². The number of carbonyl (C=O) groups is 2. The van der Waals surface area contributed by atoms with Crippen LogP contribution in [-0.2, 0) is 19.7 Å². The maximum Gasteiger partial charge on any atom is 0.251 e. The molecule has 5 rings (SSSR count). The van der Waals surface area contributed by atoms with Gasteiger partial charge in [0.05, 0.1) is 43.7 Å². The van der Waals surface area contributed by atoms with Crippen LogP contribution in [0.2, 0.25) is 0 Å². The predicted octanol–water partition coefficient (Wildman–Crippen LogP) is 3.58. The van der Waals surface area contributed by atoms with Crippen molar-refractivity contribution in [1.82, 2.24) is 10.3 Å². The average molecular weight is 532 g/mol. The van der Waals surface area contributed by atoms with Crippen molar-refractivity contribution in [2.45, 2.75) is 31.5 Å². The highest BCUT2D eigenvalue weighted by molar-refractivity contribution is 7.14. The summed E-state index contributed by atoms with van der Waals surface area (Å²) < 4.78 is 11.1. The van der Waals surface area contributed by atoms with Crippen LogP contribution >= 0.6 is 11.3 Å². The van der Waals surface area contributed by atoms with Gasteiger partial charge in [-0.2, -0.15) is 5.26 Å². The quantitative estimate of drug-likeness (QED) is 0.479. The van der Waals surface area contributed by atoms with Crippen LogP contribution in [-0.4, -0.2) is 61.9 Å². The molecule has 10 heteroatoms. The number of nitrogens with one attached hydrogen (secondary N) is 2. The summed E-state index contributed by atoms with van der Waals surface area (Å²) in [5.74, 6) is -0.764. The summed E-state index contributed by atoms with van der Waals surface area (Å²) in [6, 6.07) is 17.3. The average Bonchev–Trinajstić information content (AvgIpc) is 3.35. The summed E-state index contributed by atoms with van der Waals surface area (Å²) >= 11 is 1.33. The van der Waals surface area contributed by atoms with Gasteiger partial charge in [-0.1, -0.05) is 24.3 Å². The number of anilines is 2. The zero-order chi connectivity index (χ0) is 26.7. The lowest BCUT2D eigenvalue weighted by Crippen LogP contribution is -2.45. The molecule has 0 aliphatic carbocycles. The molecule has 3 heterocycles. The fourth-order valence-corrected chi connectivity index (χ4v) is 5.44. The molecule has 2 N–H and O–H groups in total. The van der Waals surface area contributed by atoms with E-state index in [1.807, 2.05) is 23.6 Å². The molecule has 196 valence electrons. The molecule has 0 bridgehead atoms. The molecular formula is C28H29N5O4S. The van der Waals surface area contributed by atoms with Gasteiger partial charge in [0.25, 0.3) is 5.91 Å². The molecular weight excluding hydrogens is 502 g/mol. The zero-order valence-corrected chi connectivity index (χ0v) is 22.1. The van der Waals surface area contributed by atoms with Gasteiger partial charge in [0.15, 0.2) is 5.13 Å². The number of nitriles is 1. The Morgan fingerprint density at radius 2 is 1.92 bits per heavy atom. The van der Waals surface area contributed by atoms with Crippen molar-refractivity contribution in [2.75, 3.05) is 43.1 Å². The van der Waals surface area contributed by atoms with Crippen LogP contribution in [0.25, 0.3) is 11.3 Å². The van der Waals surface area contributed by atoms with Crippen LogP contribution in [0.1, 0.15) is 29.8 Å². The molecule has 0 spiro atoms. The van der Waals surface area contributed by atoms with Crippen molar-refractivity contribution >= 4 is 34.0 Å². The molecule has 2 atom stereocenters. The van der Waals surface area contributed by atoms with Crippen LogP contribution in [0.4, 0.5) is 10.8 Å². The van der Waals surface area contributed by atoms with E-state index in [4.69, 9.17) is 9.47 Å². The van der Waals surface area contributed by atoms with Gasteiger partial charge in [0.1, 0.15) is 5.41 Å². The number of carbonyl (C=O) groups excluding carboxylic acids is 2. The number of rotatable bonds is 7. The number of thiazole rings is 1. The predicted molar refractivity (Wildman–Crippen MR) is 145 cm³/mol. The molecule has 1 aromatic heterocycles. The Morgan fingerprint density at radius 1 is 1.16 bits per heavy atom. The number of aromatic nitrogens is 1. The second-order valence-electron chi connectivity index (χ2n) is 9.75. The number of amides is 2. The molecule has 9 nitrogen and oxygen atoms in total. The zero-order valence-electron chi connectivity index (χ0n) is 21.3. The first-order valence-electron chi connectivity index (χ1n) is 12.5. The van der Waals surface area contributed by atoms with E-state index in [1.165, 1.54) is 11.3 Å². The highest BCUT2D eigenvalue weighted by Crippen LogP contribution is 2.32. The number of nitrogens with zero attached hydrogens (tertiary/aromatic N) is 3. The minimum absolute atomic E-state index is 0.166. The molecule has 0 unspecified atom stereocenters. The van der Waals surface area contributed by atoms with Crippen LogP contribution < -0.4 is 15.5 Å². The van der Waals surface area contributed by atoms with Crippen molar-refractivity contribution in [3.8, 4) is 17.3 Å². The topological polar surface area (TPSA) is 117 Å². The van der Waals surface area contributed by atoms with Gasteiger partial charge in [-0.05, 0) is 43.7 Å². The molecule has 2 saturated heterocycles. The molecule has 0 radical (unpaired) electrons. The van der Waals surface area contributed by atoms with E-state index in [2.05, 4.69) is 52.6 Å². The fourth-order valence-electron chi connectivity index (χ4n) is 4.70. The molecule has 2 aromatic carbocycles. The van der Waals surface area contributed by atoms with Crippen molar-refractivity contribution in [3.63, 3.8) is 0 Å². The second-order valence-corrected chi connectivity index (χ2v) is 10.6. The van der Waals surface area contributed by atoms with Crippen molar-refractivity contribution in [2.24, 2.45) is 0 Å². The smallest absolute Gasteiger partial charge is 0.251 e. The van der Waals surface area contributed by atoms with E-state index in [9.17, 15) is 14.9 Å². The third-order valence-electron chi connectivity index (χ3n) is 6.67. The number of ether oxygens (including phenoxy) is 2. The summed E-state index contributed by atoms with van der Waals surface area (Å²) in [6.45, 7) is 6.23. The first-order valence-corrected chi connectivity index (χ1v) is 13.4.